The van der Waals surface area contributed by atoms with Crippen LogP contribution < -0.4 is 0 Å². The van der Waals surface area contributed by atoms with Gasteiger partial charge >= 0.3 is 0 Å². The molecule has 4 rings (SSSR count). The van der Waals surface area contributed by atoms with E-state index >= 15 is 0 Å². The summed E-state index contributed by atoms with van der Waals surface area (Å²) in [7, 11) is 0. The third-order valence-electron chi connectivity index (χ3n) is 5.08. The first-order chi connectivity index (χ1) is 11.7. The molecule has 1 aromatic carbocycles. The molecule has 0 bridgehead atoms. The summed E-state index contributed by atoms with van der Waals surface area (Å²) in [6, 6.07) is 12.4. The van der Waals surface area contributed by atoms with Crippen LogP contribution in [-0.2, 0) is 11.3 Å². The number of carbonyl (C=O) groups excluding carboxylic acids is 1. The van der Waals surface area contributed by atoms with E-state index < -0.39 is 0 Å². The van der Waals surface area contributed by atoms with Gasteiger partial charge in [0.1, 0.15) is 5.76 Å². The van der Waals surface area contributed by atoms with Gasteiger partial charge in [-0.1, -0.05) is 35.5 Å². The van der Waals surface area contributed by atoms with Gasteiger partial charge in [0, 0.05) is 44.7 Å². The van der Waals surface area contributed by atoms with Gasteiger partial charge in [0.05, 0.1) is 5.69 Å². The minimum absolute atomic E-state index is 0.192. The second-order valence-corrected chi connectivity index (χ2v) is 6.89. The van der Waals surface area contributed by atoms with Gasteiger partial charge < -0.3 is 9.42 Å². The third kappa shape index (κ3) is 3.22. The van der Waals surface area contributed by atoms with Crippen LogP contribution in [0.4, 0.5) is 0 Å². The van der Waals surface area contributed by atoms with Crippen LogP contribution in [0, 0.1) is 12.8 Å². The molecule has 0 spiro atoms. The predicted molar refractivity (Wildman–Crippen MR) is 90.4 cm³/mol. The summed E-state index contributed by atoms with van der Waals surface area (Å²) in [4.78, 5) is 17.1. The number of aromatic nitrogens is 1. The van der Waals surface area contributed by atoms with Crippen molar-refractivity contribution in [2.45, 2.75) is 25.8 Å². The van der Waals surface area contributed by atoms with Crippen molar-refractivity contribution >= 4 is 5.91 Å². The summed E-state index contributed by atoms with van der Waals surface area (Å²) < 4.78 is 5.12. The Morgan fingerprint density at radius 2 is 1.96 bits per heavy atom. The van der Waals surface area contributed by atoms with E-state index in [4.69, 9.17) is 4.52 Å². The van der Waals surface area contributed by atoms with Crippen LogP contribution >= 0.6 is 0 Å². The Hall–Kier alpha value is -2.14. The molecule has 2 heterocycles. The predicted octanol–water partition coefficient (Wildman–Crippen LogP) is 2.43. The Morgan fingerprint density at radius 3 is 2.62 bits per heavy atom. The van der Waals surface area contributed by atoms with Gasteiger partial charge in [0.2, 0.25) is 5.91 Å². The van der Waals surface area contributed by atoms with Crippen LogP contribution in [0.1, 0.15) is 29.4 Å². The number of piperazine rings is 1. The molecule has 1 aromatic heterocycles. The quantitative estimate of drug-likeness (QED) is 0.866. The fraction of sp³-hybridized carbons (Fsp3) is 0.474. The zero-order valence-electron chi connectivity index (χ0n) is 14.0. The van der Waals surface area contributed by atoms with E-state index in [-0.39, 0.29) is 5.92 Å². The second-order valence-electron chi connectivity index (χ2n) is 6.89. The number of hydrogen-bond acceptors (Lipinski definition) is 4. The fourth-order valence-corrected chi connectivity index (χ4v) is 3.62. The second kappa shape index (κ2) is 6.40. The molecular weight excluding hydrogens is 302 g/mol. The number of carbonyl (C=O) groups is 1. The SMILES string of the molecule is Cc1cc(CN2CCN(C(=O)[C@H]3C[C@H]3c3ccccc3)CC2)no1. The zero-order chi connectivity index (χ0) is 16.5. The summed E-state index contributed by atoms with van der Waals surface area (Å²) in [5.74, 6) is 1.80. The van der Waals surface area contributed by atoms with Crippen molar-refractivity contribution in [2.75, 3.05) is 26.2 Å². The lowest BCUT2D eigenvalue weighted by molar-refractivity contribution is -0.134. The summed E-state index contributed by atoms with van der Waals surface area (Å²) in [6.45, 7) is 6.14. The lowest BCUT2D eigenvalue weighted by atomic mass is 10.1. The van der Waals surface area contributed by atoms with E-state index in [1.165, 1.54) is 5.56 Å². The van der Waals surface area contributed by atoms with Gasteiger partial charge in [-0.2, -0.15) is 0 Å². The molecule has 1 aliphatic carbocycles. The van der Waals surface area contributed by atoms with Crippen LogP contribution in [0.25, 0.3) is 0 Å². The average Bonchev–Trinajstić information content (AvgIpc) is 3.32. The number of hydrogen-bond donors (Lipinski definition) is 0. The molecule has 2 atom stereocenters. The van der Waals surface area contributed by atoms with Crippen molar-refractivity contribution in [2.24, 2.45) is 5.92 Å². The topological polar surface area (TPSA) is 49.6 Å². The third-order valence-corrected chi connectivity index (χ3v) is 5.08. The van der Waals surface area contributed by atoms with Crippen molar-refractivity contribution < 1.29 is 9.32 Å². The van der Waals surface area contributed by atoms with Gasteiger partial charge in [0.25, 0.3) is 0 Å². The van der Waals surface area contributed by atoms with Crippen molar-refractivity contribution in [1.82, 2.24) is 15.0 Å². The van der Waals surface area contributed by atoms with Crippen LogP contribution in [0.15, 0.2) is 40.9 Å². The molecule has 0 unspecified atom stereocenters. The molecule has 126 valence electrons. The first-order valence-electron chi connectivity index (χ1n) is 8.69. The molecule has 1 amide bonds. The normalized spacial score (nSPS) is 24.1. The highest BCUT2D eigenvalue weighted by atomic mass is 16.5. The molecule has 0 radical (unpaired) electrons. The Bertz CT molecular complexity index is 704. The fourth-order valence-electron chi connectivity index (χ4n) is 3.62. The minimum atomic E-state index is 0.192. The monoisotopic (exact) mass is 325 g/mol. The van der Waals surface area contributed by atoms with Crippen LogP contribution in [0.5, 0.6) is 0 Å². The highest BCUT2D eigenvalue weighted by molar-refractivity contribution is 5.83. The Morgan fingerprint density at radius 1 is 1.21 bits per heavy atom. The maximum atomic E-state index is 12.7. The van der Waals surface area contributed by atoms with Crippen molar-refractivity contribution in [1.29, 1.82) is 0 Å². The average molecular weight is 325 g/mol. The maximum Gasteiger partial charge on any atom is 0.226 e. The van der Waals surface area contributed by atoms with E-state index in [0.717, 1.165) is 50.6 Å². The summed E-state index contributed by atoms with van der Waals surface area (Å²) in [6.07, 6.45) is 1.00. The van der Waals surface area contributed by atoms with E-state index in [1.54, 1.807) is 0 Å². The van der Waals surface area contributed by atoms with Crippen molar-refractivity contribution in [3.05, 3.63) is 53.4 Å². The Kier molecular flexibility index (Phi) is 4.10. The number of amides is 1. The number of aryl methyl sites for hydroxylation is 1. The first kappa shape index (κ1) is 15.4. The highest BCUT2D eigenvalue weighted by Gasteiger charge is 2.45. The number of rotatable bonds is 4. The largest absolute Gasteiger partial charge is 0.361 e. The molecule has 0 N–H and O–H groups in total. The molecule has 5 heteroatoms. The molecule has 1 aliphatic heterocycles. The van der Waals surface area contributed by atoms with Crippen LogP contribution in [0.3, 0.4) is 0 Å². The van der Waals surface area contributed by atoms with E-state index in [2.05, 4.69) is 34.3 Å². The molecule has 2 aliphatic rings. The molecular formula is C19H23N3O2. The summed E-state index contributed by atoms with van der Waals surface area (Å²) in [5.41, 5.74) is 2.27. The molecule has 2 aromatic rings. The van der Waals surface area contributed by atoms with Gasteiger partial charge in [-0.25, -0.2) is 0 Å². The van der Waals surface area contributed by atoms with Crippen molar-refractivity contribution in [3.8, 4) is 0 Å². The Labute approximate surface area is 142 Å². The lowest BCUT2D eigenvalue weighted by Crippen LogP contribution is -2.48. The first-order valence-corrected chi connectivity index (χ1v) is 8.69. The van der Waals surface area contributed by atoms with Crippen LogP contribution in [0.2, 0.25) is 0 Å². The summed E-state index contributed by atoms with van der Waals surface area (Å²) in [5, 5.41) is 4.05. The zero-order valence-corrected chi connectivity index (χ0v) is 14.0. The molecule has 2 fully saturated rings. The molecule has 24 heavy (non-hydrogen) atoms. The van der Waals surface area contributed by atoms with Gasteiger partial charge in [-0.3, -0.25) is 9.69 Å². The summed E-state index contributed by atoms with van der Waals surface area (Å²) >= 11 is 0. The smallest absolute Gasteiger partial charge is 0.226 e. The van der Waals surface area contributed by atoms with Gasteiger partial charge in [-0.05, 0) is 24.8 Å². The van der Waals surface area contributed by atoms with E-state index in [9.17, 15) is 4.79 Å². The molecule has 1 saturated heterocycles. The lowest BCUT2D eigenvalue weighted by Gasteiger charge is -2.34. The maximum absolute atomic E-state index is 12.7. The highest BCUT2D eigenvalue weighted by Crippen LogP contribution is 2.48. The molecule has 1 saturated carbocycles. The van der Waals surface area contributed by atoms with Crippen molar-refractivity contribution in [3.63, 3.8) is 0 Å². The van der Waals surface area contributed by atoms with E-state index in [0.29, 0.717) is 11.8 Å². The van der Waals surface area contributed by atoms with Gasteiger partial charge in [-0.15, -0.1) is 0 Å². The standard InChI is InChI=1S/C19H23N3O2/c1-14-11-16(20-24-14)13-21-7-9-22(10-8-21)19(23)18-12-17(18)15-5-3-2-4-6-15/h2-6,11,17-18H,7-10,12-13H2,1H3/t17-,18-/m0/s1. The number of nitrogens with zero attached hydrogens (tertiary/aromatic N) is 3. The number of benzene rings is 1. The van der Waals surface area contributed by atoms with E-state index in [1.807, 2.05) is 24.0 Å². The Balaban J connectivity index is 1.28. The van der Waals surface area contributed by atoms with Gasteiger partial charge in [0.15, 0.2) is 0 Å². The molecule has 5 nitrogen and oxygen atoms in total. The minimum Gasteiger partial charge on any atom is -0.361 e. The van der Waals surface area contributed by atoms with Crippen LogP contribution in [-0.4, -0.2) is 47.0 Å².